The first-order valence-corrected chi connectivity index (χ1v) is 11.9. The van der Waals surface area contributed by atoms with E-state index in [1.54, 1.807) is 34.6 Å². The van der Waals surface area contributed by atoms with Gasteiger partial charge in [0.1, 0.15) is 11.2 Å². The highest BCUT2D eigenvalue weighted by Gasteiger charge is 2.48. The lowest BCUT2D eigenvalue weighted by Crippen LogP contribution is -2.64. The summed E-state index contributed by atoms with van der Waals surface area (Å²) in [7, 11) is 0. The quantitative estimate of drug-likeness (QED) is 0.502. The van der Waals surface area contributed by atoms with Crippen LogP contribution in [0.4, 0.5) is 0 Å². The fourth-order valence-electron chi connectivity index (χ4n) is 4.31. The molecule has 35 heavy (non-hydrogen) atoms. The van der Waals surface area contributed by atoms with Gasteiger partial charge >= 0.3 is 0 Å². The number of hydrogen-bond acceptors (Lipinski definition) is 4. The van der Waals surface area contributed by atoms with E-state index in [-0.39, 0.29) is 36.3 Å². The molecule has 2 heterocycles. The van der Waals surface area contributed by atoms with Crippen LogP contribution in [0.5, 0.6) is 0 Å². The van der Waals surface area contributed by atoms with E-state index < -0.39 is 11.4 Å². The standard InChI is InChI=1S/C26H28ClN5O3/c1-3-12-32-24(34)22-21(23(33)28-15-19-10-7-11-20(27)13-19)30-17-31(22)16-26(32,2)25(35)29-14-18-8-5-4-6-9-18/h4-11,13,17H,3,12,14-16H2,1-2H3,(H,28,33)(H,29,35). The van der Waals surface area contributed by atoms with E-state index in [2.05, 4.69) is 15.6 Å². The predicted molar refractivity (Wildman–Crippen MR) is 133 cm³/mol. The van der Waals surface area contributed by atoms with E-state index in [4.69, 9.17) is 11.6 Å². The van der Waals surface area contributed by atoms with Crippen molar-refractivity contribution in [1.29, 1.82) is 0 Å². The Morgan fingerprint density at radius 3 is 2.49 bits per heavy atom. The summed E-state index contributed by atoms with van der Waals surface area (Å²) in [6, 6.07) is 16.8. The lowest BCUT2D eigenvalue weighted by atomic mass is 9.94. The van der Waals surface area contributed by atoms with E-state index in [1.807, 2.05) is 43.3 Å². The van der Waals surface area contributed by atoms with Crippen molar-refractivity contribution in [3.63, 3.8) is 0 Å². The van der Waals surface area contributed by atoms with Gasteiger partial charge in [0.2, 0.25) is 5.91 Å². The molecule has 0 fully saturated rings. The molecule has 0 saturated carbocycles. The lowest BCUT2D eigenvalue weighted by molar-refractivity contribution is -0.133. The molecule has 0 aliphatic carbocycles. The molecule has 0 saturated heterocycles. The Bertz CT molecular complexity index is 1240. The zero-order valence-corrected chi connectivity index (χ0v) is 20.5. The normalized spacial score (nSPS) is 17.1. The smallest absolute Gasteiger partial charge is 0.273 e. The molecule has 0 spiro atoms. The SMILES string of the molecule is CCCN1C(=O)c2c(C(=O)NCc3cccc(Cl)c3)ncn2CC1(C)C(=O)NCc1ccccc1. The molecule has 3 amide bonds. The minimum absolute atomic E-state index is 0.0462. The highest BCUT2D eigenvalue weighted by Crippen LogP contribution is 2.29. The van der Waals surface area contributed by atoms with Gasteiger partial charge in [-0.1, -0.05) is 61.0 Å². The minimum Gasteiger partial charge on any atom is -0.350 e. The maximum Gasteiger partial charge on any atom is 0.273 e. The van der Waals surface area contributed by atoms with Gasteiger partial charge in [0.15, 0.2) is 5.69 Å². The molecule has 1 atom stereocenters. The molecule has 4 rings (SSSR count). The fourth-order valence-corrected chi connectivity index (χ4v) is 4.52. The van der Waals surface area contributed by atoms with E-state index in [9.17, 15) is 14.4 Å². The van der Waals surface area contributed by atoms with Crippen molar-refractivity contribution in [3.05, 3.63) is 88.5 Å². The Balaban J connectivity index is 1.54. The molecule has 9 heteroatoms. The van der Waals surface area contributed by atoms with Crippen LogP contribution in [-0.2, 0) is 24.4 Å². The molecule has 0 radical (unpaired) electrons. The number of hydrogen-bond donors (Lipinski definition) is 2. The summed E-state index contributed by atoms with van der Waals surface area (Å²) in [6.07, 6.45) is 2.12. The molecule has 2 N–H and O–H groups in total. The monoisotopic (exact) mass is 493 g/mol. The van der Waals surface area contributed by atoms with E-state index in [0.717, 1.165) is 11.1 Å². The highest BCUT2D eigenvalue weighted by molar-refractivity contribution is 6.30. The maximum absolute atomic E-state index is 13.6. The second kappa shape index (κ2) is 10.3. The molecule has 182 valence electrons. The predicted octanol–water partition coefficient (Wildman–Crippen LogP) is 3.41. The number of carbonyl (C=O) groups excluding carboxylic acids is 3. The molecule has 1 aliphatic rings. The van der Waals surface area contributed by atoms with Gasteiger partial charge in [-0.2, -0.15) is 0 Å². The van der Waals surface area contributed by atoms with Gasteiger partial charge in [-0.15, -0.1) is 0 Å². The third-order valence-electron chi connectivity index (χ3n) is 6.15. The highest BCUT2D eigenvalue weighted by atomic mass is 35.5. The van der Waals surface area contributed by atoms with Crippen LogP contribution in [0, 0.1) is 0 Å². The number of nitrogens with zero attached hydrogens (tertiary/aromatic N) is 3. The molecular formula is C26H28ClN5O3. The van der Waals surface area contributed by atoms with Crippen molar-refractivity contribution >= 4 is 29.3 Å². The van der Waals surface area contributed by atoms with E-state index in [0.29, 0.717) is 24.5 Å². The molecular weight excluding hydrogens is 466 g/mol. The number of amides is 3. The van der Waals surface area contributed by atoms with Crippen LogP contribution in [0.25, 0.3) is 0 Å². The van der Waals surface area contributed by atoms with Gasteiger partial charge in [-0.25, -0.2) is 4.98 Å². The van der Waals surface area contributed by atoms with Gasteiger partial charge in [0.05, 0.1) is 12.9 Å². The maximum atomic E-state index is 13.6. The first-order valence-electron chi connectivity index (χ1n) is 11.6. The van der Waals surface area contributed by atoms with Crippen molar-refractivity contribution in [2.75, 3.05) is 6.54 Å². The first kappa shape index (κ1) is 24.5. The van der Waals surface area contributed by atoms with Crippen molar-refractivity contribution in [3.8, 4) is 0 Å². The van der Waals surface area contributed by atoms with Crippen molar-refractivity contribution in [2.24, 2.45) is 0 Å². The minimum atomic E-state index is -1.12. The lowest BCUT2D eigenvalue weighted by Gasteiger charge is -2.43. The van der Waals surface area contributed by atoms with Crippen molar-refractivity contribution in [1.82, 2.24) is 25.1 Å². The molecule has 1 unspecified atom stereocenters. The van der Waals surface area contributed by atoms with Gasteiger partial charge in [0, 0.05) is 24.7 Å². The first-order chi connectivity index (χ1) is 16.8. The second-order valence-electron chi connectivity index (χ2n) is 8.78. The molecule has 1 aliphatic heterocycles. The van der Waals surface area contributed by atoms with Crippen LogP contribution in [0.3, 0.4) is 0 Å². The Kier molecular flexibility index (Phi) is 7.21. The number of carbonyl (C=O) groups is 3. The zero-order valence-electron chi connectivity index (χ0n) is 19.8. The summed E-state index contributed by atoms with van der Waals surface area (Å²) in [5.74, 6) is -1.10. The number of benzene rings is 2. The van der Waals surface area contributed by atoms with Crippen LogP contribution >= 0.6 is 11.6 Å². The van der Waals surface area contributed by atoms with Crippen LogP contribution in [-0.4, -0.2) is 44.3 Å². The van der Waals surface area contributed by atoms with Gasteiger partial charge in [-0.3, -0.25) is 14.4 Å². The van der Waals surface area contributed by atoms with Gasteiger partial charge < -0.3 is 20.1 Å². The summed E-state index contributed by atoms with van der Waals surface area (Å²) in [5.41, 5.74) is 0.917. The average molecular weight is 494 g/mol. The Hall–Kier alpha value is -3.65. The Labute approximate surface area is 209 Å². The van der Waals surface area contributed by atoms with Crippen LogP contribution in [0.2, 0.25) is 5.02 Å². The molecule has 3 aromatic rings. The van der Waals surface area contributed by atoms with Crippen LogP contribution < -0.4 is 10.6 Å². The van der Waals surface area contributed by atoms with Crippen molar-refractivity contribution in [2.45, 2.75) is 45.4 Å². The number of rotatable bonds is 8. The average Bonchev–Trinajstić information content (AvgIpc) is 3.28. The van der Waals surface area contributed by atoms with Gasteiger partial charge in [0.25, 0.3) is 11.8 Å². The van der Waals surface area contributed by atoms with Crippen LogP contribution in [0.15, 0.2) is 60.9 Å². The molecule has 2 aromatic carbocycles. The second-order valence-corrected chi connectivity index (χ2v) is 9.22. The third-order valence-corrected chi connectivity index (χ3v) is 6.38. The summed E-state index contributed by atoms with van der Waals surface area (Å²) in [6.45, 7) is 4.88. The number of halogens is 1. The van der Waals surface area contributed by atoms with Crippen LogP contribution in [0.1, 0.15) is 52.4 Å². The zero-order chi connectivity index (χ0) is 25.0. The number of fused-ring (bicyclic) bond motifs is 1. The molecule has 0 bridgehead atoms. The number of imidazole rings is 1. The summed E-state index contributed by atoms with van der Waals surface area (Å²) in [5, 5.41) is 6.34. The Morgan fingerprint density at radius 2 is 1.77 bits per heavy atom. The van der Waals surface area contributed by atoms with Gasteiger partial charge in [-0.05, 0) is 36.6 Å². The van der Waals surface area contributed by atoms with E-state index in [1.165, 1.54) is 6.33 Å². The summed E-state index contributed by atoms with van der Waals surface area (Å²) >= 11 is 6.02. The van der Waals surface area contributed by atoms with Crippen molar-refractivity contribution < 1.29 is 14.4 Å². The number of aromatic nitrogens is 2. The summed E-state index contributed by atoms with van der Waals surface area (Å²) < 4.78 is 1.60. The summed E-state index contributed by atoms with van der Waals surface area (Å²) in [4.78, 5) is 45.6. The Morgan fingerprint density at radius 1 is 1.06 bits per heavy atom. The largest absolute Gasteiger partial charge is 0.350 e. The third kappa shape index (κ3) is 5.07. The number of nitrogens with one attached hydrogen (secondary N) is 2. The topological polar surface area (TPSA) is 96.3 Å². The molecule has 1 aromatic heterocycles. The molecule has 8 nitrogen and oxygen atoms in total. The fraction of sp³-hybridized carbons (Fsp3) is 0.308. The van der Waals surface area contributed by atoms with E-state index >= 15 is 0 Å².